The van der Waals surface area contributed by atoms with Crippen molar-refractivity contribution < 1.29 is 0 Å². The molecule has 0 amide bonds. The molecule has 86 valence electrons. The summed E-state index contributed by atoms with van der Waals surface area (Å²) in [5, 5.41) is 0. The van der Waals surface area contributed by atoms with E-state index in [1.165, 1.54) is 5.82 Å². The summed E-state index contributed by atoms with van der Waals surface area (Å²) in [6, 6.07) is 0.357. The smallest absolute Gasteiger partial charge is 0.111 e. The molecular weight excluding hydrogens is 186 g/mol. The molecule has 3 nitrogen and oxygen atoms in total. The van der Waals surface area contributed by atoms with Crippen molar-refractivity contribution in [3.63, 3.8) is 0 Å². The molecule has 1 aromatic heterocycles. The van der Waals surface area contributed by atoms with Crippen LogP contribution in [0, 0.1) is 0 Å². The molecule has 0 saturated carbocycles. The van der Waals surface area contributed by atoms with Gasteiger partial charge in [0, 0.05) is 30.9 Å². The van der Waals surface area contributed by atoms with Crippen LogP contribution >= 0.6 is 0 Å². The third-order valence-corrected chi connectivity index (χ3v) is 2.76. The van der Waals surface area contributed by atoms with E-state index in [2.05, 4.69) is 36.5 Å². The van der Waals surface area contributed by atoms with Crippen LogP contribution in [-0.2, 0) is 6.54 Å². The van der Waals surface area contributed by atoms with E-state index in [1.807, 2.05) is 6.20 Å². The summed E-state index contributed by atoms with van der Waals surface area (Å²) in [5.74, 6) is 1.68. The van der Waals surface area contributed by atoms with Crippen molar-refractivity contribution in [2.24, 2.45) is 5.73 Å². The zero-order chi connectivity index (χ0) is 11.3. The highest BCUT2D eigenvalue weighted by Crippen LogP contribution is 2.12. The summed E-state index contributed by atoms with van der Waals surface area (Å²) in [6.45, 7) is 7.54. The van der Waals surface area contributed by atoms with Gasteiger partial charge in [0.25, 0.3) is 0 Å². The Hall–Kier alpha value is -0.830. The molecule has 0 aromatic carbocycles. The molecule has 0 aliphatic heterocycles. The average Bonchev–Trinajstić information content (AvgIpc) is 2.65. The molecule has 1 heterocycles. The van der Waals surface area contributed by atoms with Crippen LogP contribution in [-0.4, -0.2) is 15.6 Å². The fraction of sp³-hybridized carbons (Fsp3) is 0.750. The van der Waals surface area contributed by atoms with Crippen LogP contribution in [0.2, 0.25) is 0 Å². The molecule has 1 rings (SSSR count). The van der Waals surface area contributed by atoms with Gasteiger partial charge < -0.3 is 10.3 Å². The van der Waals surface area contributed by atoms with Crippen LogP contribution in [0.1, 0.15) is 51.8 Å². The van der Waals surface area contributed by atoms with Crippen molar-refractivity contribution in [2.75, 3.05) is 0 Å². The van der Waals surface area contributed by atoms with Gasteiger partial charge in [0.05, 0.1) is 0 Å². The Balaban J connectivity index is 2.40. The standard InChI is InChI=1S/C12H23N3/c1-4-11(13)6-5-8-15-9-7-14-12(15)10(2)3/h7,9-11H,4-6,8,13H2,1-3H3. The van der Waals surface area contributed by atoms with Gasteiger partial charge in [-0.1, -0.05) is 20.8 Å². The predicted molar refractivity (Wildman–Crippen MR) is 63.8 cm³/mol. The molecule has 0 aliphatic carbocycles. The second kappa shape index (κ2) is 5.91. The SMILES string of the molecule is CCC(N)CCCn1ccnc1C(C)C. The van der Waals surface area contributed by atoms with Crippen LogP contribution in [0.15, 0.2) is 12.4 Å². The number of nitrogens with two attached hydrogens (primary N) is 1. The number of hydrogen-bond donors (Lipinski definition) is 1. The molecule has 2 N–H and O–H groups in total. The lowest BCUT2D eigenvalue weighted by atomic mass is 10.1. The molecule has 3 heteroatoms. The first-order chi connectivity index (χ1) is 7.15. The molecule has 0 radical (unpaired) electrons. The zero-order valence-corrected chi connectivity index (χ0v) is 10.1. The molecule has 0 aliphatic rings. The number of hydrogen-bond acceptors (Lipinski definition) is 2. The van der Waals surface area contributed by atoms with Crippen LogP contribution < -0.4 is 5.73 Å². The maximum absolute atomic E-state index is 5.89. The molecule has 0 fully saturated rings. The maximum atomic E-state index is 5.89. The summed E-state index contributed by atoms with van der Waals surface area (Å²) in [6.07, 6.45) is 7.26. The van der Waals surface area contributed by atoms with Gasteiger partial charge in [-0.3, -0.25) is 0 Å². The monoisotopic (exact) mass is 209 g/mol. The third-order valence-electron chi connectivity index (χ3n) is 2.76. The minimum Gasteiger partial charge on any atom is -0.335 e. The Morgan fingerprint density at radius 1 is 1.47 bits per heavy atom. The summed E-state index contributed by atoms with van der Waals surface area (Å²) < 4.78 is 2.24. The van der Waals surface area contributed by atoms with E-state index in [4.69, 9.17) is 5.73 Å². The second-order valence-electron chi connectivity index (χ2n) is 4.44. The molecule has 15 heavy (non-hydrogen) atoms. The first-order valence-corrected chi connectivity index (χ1v) is 5.91. The van der Waals surface area contributed by atoms with Gasteiger partial charge in [-0.05, 0) is 19.3 Å². The van der Waals surface area contributed by atoms with Gasteiger partial charge in [-0.15, -0.1) is 0 Å². The Morgan fingerprint density at radius 3 is 2.80 bits per heavy atom. The number of imidazole rings is 1. The molecule has 1 unspecified atom stereocenters. The lowest BCUT2D eigenvalue weighted by Crippen LogP contribution is -2.19. The van der Waals surface area contributed by atoms with E-state index >= 15 is 0 Å². The van der Waals surface area contributed by atoms with Crippen LogP contribution in [0.3, 0.4) is 0 Å². The minimum atomic E-state index is 0.357. The zero-order valence-electron chi connectivity index (χ0n) is 10.1. The van der Waals surface area contributed by atoms with E-state index < -0.39 is 0 Å². The van der Waals surface area contributed by atoms with Gasteiger partial charge in [-0.25, -0.2) is 4.98 Å². The van der Waals surface area contributed by atoms with E-state index in [9.17, 15) is 0 Å². The Bertz CT molecular complexity index is 278. The maximum Gasteiger partial charge on any atom is 0.111 e. The van der Waals surface area contributed by atoms with Crippen LogP contribution in [0.4, 0.5) is 0 Å². The van der Waals surface area contributed by atoms with E-state index in [-0.39, 0.29) is 0 Å². The van der Waals surface area contributed by atoms with Crippen molar-refractivity contribution in [1.29, 1.82) is 0 Å². The van der Waals surface area contributed by atoms with Crippen molar-refractivity contribution in [1.82, 2.24) is 9.55 Å². The van der Waals surface area contributed by atoms with Gasteiger partial charge in [-0.2, -0.15) is 0 Å². The highest BCUT2D eigenvalue weighted by Gasteiger charge is 2.07. The van der Waals surface area contributed by atoms with Crippen molar-refractivity contribution in [3.05, 3.63) is 18.2 Å². The summed E-state index contributed by atoms with van der Waals surface area (Å²) >= 11 is 0. The summed E-state index contributed by atoms with van der Waals surface area (Å²) in [4.78, 5) is 4.37. The molecule has 0 spiro atoms. The predicted octanol–water partition coefficient (Wildman–Crippen LogP) is 2.52. The average molecular weight is 209 g/mol. The Kier molecular flexibility index (Phi) is 4.82. The van der Waals surface area contributed by atoms with Crippen LogP contribution in [0.5, 0.6) is 0 Å². The summed E-state index contributed by atoms with van der Waals surface area (Å²) in [5.41, 5.74) is 5.89. The lowest BCUT2D eigenvalue weighted by Gasteiger charge is -2.12. The Morgan fingerprint density at radius 2 is 2.20 bits per heavy atom. The van der Waals surface area contributed by atoms with E-state index in [1.54, 1.807) is 0 Å². The molecule has 1 aromatic rings. The quantitative estimate of drug-likeness (QED) is 0.782. The normalized spacial score (nSPS) is 13.4. The van der Waals surface area contributed by atoms with Gasteiger partial charge in [0.1, 0.15) is 5.82 Å². The summed E-state index contributed by atoms with van der Waals surface area (Å²) in [7, 11) is 0. The van der Waals surface area contributed by atoms with E-state index in [0.717, 1.165) is 25.8 Å². The topological polar surface area (TPSA) is 43.8 Å². The number of aromatic nitrogens is 2. The first kappa shape index (κ1) is 12.2. The largest absolute Gasteiger partial charge is 0.335 e. The molecule has 1 atom stereocenters. The van der Waals surface area contributed by atoms with Crippen molar-refractivity contribution >= 4 is 0 Å². The minimum absolute atomic E-state index is 0.357. The van der Waals surface area contributed by atoms with Crippen LogP contribution in [0.25, 0.3) is 0 Å². The van der Waals surface area contributed by atoms with Crippen molar-refractivity contribution in [2.45, 2.75) is 58.5 Å². The van der Waals surface area contributed by atoms with Crippen molar-refractivity contribution in [3.8, 4) is 0 Å². The fourth-order valence-electron chi connectivity index (χ4n) is 1.74. The molecule has 0 bridgehead atoms. The number of aryl methyl sites for hydroxylation is 1. The highest BCUT2D eigenvalue weighted by atomic mass is 15.1. The van der Waals surface area contributed by atoms with Gasteiger partial charge in [0.15, 0.2) is 0 Å². The Labute approximate surface area is 92.7 Å². The lowest BCUT2D eigenvalue weighted by molar-refractivity contribution is 0.510. The molecular formula is C12H23N3. The van der Waals surface area contributed by atoms with Gasteiger partial charge >= 0.3 is 0 Å². The van der Waals surface area contributed by atoms with Gasteiger partial charge in [0.2, 0.25) is 0 Å². The first-order valence-electron chi connectivity index (χ1n) is 5.91. The third kappa shape index (κ3) is 3.67. The second-order valence-corrected chi connectivity index (χ2v) is 4.44. The number of rotatable bonds is 6. The fourth-order valence-corrected chi connectivity index (χ4v) is 1.74. The number of nitrogens with zero attached hydrogens (tertiary/aromatic N) is 2. The molecule has 0 saturated heterocycles. The highest BCUT2D eigenvalue weighted by molar-refractivity contribution is 4.97. The van der Waals surface area contributed by atoms with E-state index in [0.29, 0.717) is 12.0 Å².